The van der Waals surface area contributed by atoms with Gasteiger partial charge in [-0.05, 0) is 37.1 Å². The van der Waals surface area contributed by atoms with Gasteiger partial charge >= 0.3 is 0 Å². The summed E-state index contributed by atoms with van der Waals surface area (Å²) in [5, 5.41) is 11.7. The molecule has 0 aromatic carbocycles. The van der Waals surface area contributed by atoms with Gasteiger partial charge < -0.3 is 5.21 Å². The second-order valence-corrected chi connectivity index (χ2v) is 3.55. The topological polar surface area (TPSA) is 26.9 Å². The zero-order valence-electron chi connectivity index (χ0n) is 8.02. The lowest BCUT2D eigenvalue weighted by Gasteiger charge is -2.09. The van der Waals surface area contributed by atoms with Crippen LogP contribution in [0.3, 0.4) is 0 Å². The molecule has 1 aromatic heterocycles. The number of hydrogen-bond acceptors (Lipinski definition) is 1. The van der Waals surface area contributed by atoms with E-state index in [1.54, 1.807) is 6.92 Å². The molecule has 2 nitrogen and oxygen atoms in total. The van der Waals surface area contributed by atoms with Crippen LogP contribution in [0.15, 0.2) is 12.6 Å². The number of rotatable bonds is 1. The van der Waals surface area contributed by atoms with Gasteiger partial charge in [0, 0.05) is 18.1 Å². The second-order valence-electron chi connectivity index (χ2n) is 3.19. The molecule has 70 valence electrons. The molecule has 0 bridgehead atoms. The Hall–Kier alpha value is -1.02. The van der Waals surface area contributed by atoms with Crippen LogP contribution < -0.4 is 4.73 Å². The Labute approximate surface area is 83.0 Å². The van der Waals surface area contributed by atoms with Crippen molar-refractivity contribution in [3.8, 4) is 0 Å². The molecule has 0 aliphatic heterocycles. The predicted octanol–water partition coefficient (Wildman–Crippen LogP) is 2.62. The average Bonchev–Trinajstić information content (AvgIpc) is 2.07. The molecule has 13 heavy (non-hydrogen) atoms. The highest BCUT2D eigenvalue weighted by Crippen LogP contribution is 2.19. The van der Waals surface area contributed by atoms with Gasteiger partial charge in [0.2, 0.25) is 0 Å². The molecule has 0 N–H and O–H groups in total. The molecule has 0 unspecified atom stereocenters. The van der Waals surface area contributed by atoms with Crippen molar-refractivity contribution < 1.29 is 4.73 Å². The standard InChI is InChI=1S/C10H12ClNO/c1-6(2)9-5-7(3)10(11)12(13)8(9)4/h5H,1H2,2-4H3. The highest BCUT2D eigenvalue weighted by Gasteiger charge is 2.14. The first-order valence-corrected chi connectivity index (χ1v) is 4.38. The summed E-state index contributed by atoms with van der Waals surface area (Å²) >= 11 is 5.78. The molecule has 0 saturated carbocycles. The molecule has 0 fully saturated rings. The Balaban J connectivity index is 3.50. The summed E-state index contributed by atoms with van der Waals surface area (Å²) in [5.74, 6) is 0. The van der Waals surface area contributed by atoms with E-state index in [0.717, 1.165) is 21.4 Å². The SMILES string of the molecule is C=C(C)c1cc(C)c(Cl)[n+]([O-])c1C. The minimum atomic E-state index is 0.238. The van der Waals surface area contributed by atoms with Gasteiger partial charge in [0.05, 0.1) is 0 Å². The Morgan fingerprint density at radius 1 is 1.54 bits per heavy atom. The van der Waals surface area contributed by atoms with Gasteiger partial charge in [-0.25, -0.2) is 0 Å². The number of aryl methyl sites for hydroxylation is 1. The van der Waals surface area contributed by atoms with Gasteiger partial charge in [0.1, 0.15) is 0 Å². The maximum absolute atomic E-state index is 11.5. The zero-order chi connectivity index (χ0) is 10.2. The van der Waals surface area contributed by atoms with Crippen LogP contribution in [0.4, 0.5) is 0 Å². The van der Waals surface area contributed by atoms with Crippen LogP contribution in [-0.4, -0.2) is 0 Å². The van der Waals surface area contributed by atoms with Crippen molar-refractivity contribution in [1.82, 2.24) is 0 Å². The maximum atomic E-state index is 11.5. The normalized spacial score (nSPS) is 10.2. The van der Waals surface area contributed by atoms with Crippen LogP contribution in [0.5, 0.6) is 0 Å². The van der Waals surface area contributed by atoms with Crippen LogP contribution in [0.1, 0.15) is 23.7 Å². The summed E-state index contributed by atoms with van der Waals surface area (Å²) in [5.41, 5.74) is 3.13. The van der Waals surface area contributed by atoms with Crippen molar-refractivity contribution >= 4 is 17.2 Å². The van der Waals surface area contributed by atoms with Gasteiger partial charge in [0.15, 0.2) is 5.69 Å². The van der Waals surface area contributed by atoms with Crippen molar-refractivity contribution in [3.05, 3.63) is 39.8 Å². The highest BCUT2D eigenvalue weighted by molar-refractivity contribution is 6.29. The van der Waals surface area contributed by atoms with E-state index in [0.29, 0.717) is 5.69 Å². The molecular weight excluding hydrogens is 186 g/mol. The number of pyridine rings is 1. The minimum Gasteiger partial charge on any atom is -0.617 e. The van der Waals surface area contributed by atoms with Crippen molar-refractivity contribution in [3.63, 3.8) is 0 Å². The smallest absolute Gasteiger partial charge is 0.289 e. The largest absolute Gasteiger partial charge is 0.617 e. The fraction of sp³-hybridized carbons (Fsp3) is 0.300. The summed E-state index contributed by atoms with van der Waals surface area (Å²) < 4.78 is 0.737. The molecule has 0 radical (unpaired) electrons. The predicted molar refractivity (Wildman–Crippen MR) is 54.6 cm³/mol. The van der Waals surface area contributed by atoms with Crippen molar-refractivity contribution in [2.75, 3.05) is 0 Å². The molecule has 1 aromatic rings. The van der Waals surface area contributed by atoms with Gasteiger partial charge in [0.25, 0.3) is 5.15 Å². The monoisotopic (exact) mass is 197 g/mol. The molecule has 0 amide bonds. The number of allylic oxidation sites excluding steroid dienone is 1. The first-order chi connectivity index (χ1) is 5.95. The molecule has 0 saturated heterocycles. The van der Waals surface area contributed by atoms with Crippen LogP contribution >= 0.6 is 11.6 Å². The van der Waals surface area contributed by atoms with Crippen LogP contribution in [-0.2, 0) is 0 Å². The molecule has 0 atom stereocenters. The number of hydrogen-bond donors (Lipinski definition) is 0. The fourth-order valence-corrected chi connectivity index (χ4v) is 1.41. The molecule has 0 spiro atoms. The quantitative estimate of drug-likeness (QED) is 0.386. The van der Waals surface area contributed by atoms with Gasteiger partial charge in [-0.15, -0.1) is 0 Å². The molecule has 3 heteroatoms. The van der Waals surface area contributed by atoms with Crippen LogP contribution in [0.2, 0.25) is 5.15 Å². The van der Waals surface area contributed by atoms with E-state index < -0.39 is 0 Å². The third kappa shape index (κ3) is 1.68. The highest BCUT2D eigenvalue weighted by atomic mass is 35.5. The minimum absolute atomic E-state index is 0.238. The van der Waals surface area contributed by atoms with E-state index in [1.807, 2.05) is 19.9 Å². The van der Waals surface area contributed by atoms with Crippen LogP contribution in [0.25, 0.3) is 5.57 Å². The van der Waals surface area contributed by atoms with Crippen molar-refractivity contribution in [2.45, 2.75) is 20.8 Å². The van der Waals surface area contributed by atoms with E-state index in [1.165, 1.54) is 0 Å². The van der Waals surface area contributed by atoms with E-state index in [4.69, 9.17) is 11.6 Å². The lowest BCUT2D eigenvalue weighted by Crippen LogP contribution is -2.33. The van der Waals surface area contributed by atoms with Crippen molar-refractivity contribution in [2.24, 2.45) is 0 Å². The summed E-state index contributed by atoms with van der Waals surface area (Å²) in [7, 11) is 0. The fourth-order valence-electron chi connectivity index (χ4n) is 1.23. The summed E-state index contributed by atoms with van der Waals surface area (Å²) in [4.78, 5) is 0. The zero-order valence-corrected chi connectivity index (χ0v) is 8.77. The van der Waals surface area contributed by atoms with E-state index >= 15 is 0 Å². The molecule has 1 heterocycles. The third-order valence-electron chi connectivity index (χ3n) is 2.02. The number of nitrogens with zero attached hydrogens (tertiary/aromatic N) is 1. The Morgan fingerprint density at radius 3 is 2.54 bits per heavy atom. The summed E-state index contributed by atoms with van der Waals surface area (Å²) in [6, 6.07) is 1.88. The molecule has 0 aliphatic rings. The second kappa shape index (κ2) is 3.38. The molecule has 0 aliphatic carbocycles. The lowest BCUT2D eigenvalue weighted by atomic mass is 10.1. The first kappa shape index (κ1) is 10.1. The maximum Gasteiger partial charge on any atom is 0.289 e. The van der Waals surface area contributed by atoms with E-state index in [-0.39, 0.29) is 5.15 Å². The van der Waals surface area contributed by atoms with Gasteiger partial charge in [-0.2, -0.15) is 4.73 Å². The third-order valence-corrected chi connectivity index (χ3v) is 2.47. The Bertz CT molecular complexity index is 372. The Kier molecular flexibility index (Phi) is 2.62. The average molecular weight is 198 g/mol. The molecule has 1 rings (SSSR count). The molecular formula is C10H12ClNO. The summed E-state index contributed by atoms with van der Waals surface area (Å²) in [6.07, 6.45) is 0. The van der Waals surface area contributed by atoms with E-state index in [2.05, 4.69) is 6.58 Å². The van der Waals surface area contributed by atoms with E-state index in [9.17, 15) is 5.21 Å². The van der Waals surface area contributed by atoms with Crippen LogP contribution in [0, 0.1) is 19.1 Å². The number of aromatic nitrogens is 1. The lowest BCUT2D eigenvalue weighted by molar-refractivity contribution is -0.610. The summed E-state index contributed by atoms with van der Waals surface area (Å²) in [6.45, 7) is 9.22. The van der Waals surface area contributed by atoms with Gasteiger partial charge in [-0.1, -0.05) is 6.58 Å². The first-order valence-electron chi connectivity index (χ1n) is 4.00. The Morgan fingerprint density at radius 2 is 2.08 bits per heavy atom. The van der Waals surface area contributed by atoms with Gasteiger partial charge in [-0.3, -0.25) is 0 Å². The van der Waals surface area contributed by atoms with Crippen molar-refractivity contribution in [1.29, 1.82) is 0 Å². The number of halogens is 1.